The van der Waals surface area contributed by atoms with E-state index in [1.54, 1.807) is 0 Å². The van der Waals surface area contributed by atoms with E-state index in [-0.39, 0.29) is 5.41 Å². The molecule has 0 bridgehead atoms. The van der Waals surface area contributed by atoms with Gasteiger partial charge in [-0.15, -0.1) is 0 Å². The highest BCUT2D eigenvalue weighted by Crippen LogP contribution is 2.50. The third-order valence-electron chi connectivity index (χ3n) is 5.99. The molecule has 1 aliphatic rings. The molecule has 0 saturated carbocycles. The monoisotopic (exact) mass is 380 g/mol. The van der Waals surface area contributed by atoms with Crippen molar-refractivity contribution in [1.29, 1.82) is 0 Å². The van der Waals surface area contributed by atoms with Gasteiger partial charge in [0.1, 0.15) is 0 Å². The van der Waals surface area contributed by atoms with Crippen LogP contribution in [0.4, 0.5) is 0 Å². The van der Waals surface area contributed by atoms with Gasteiger partial charge in [0, 0.05) is 16.0 Å². The van der Waals surface area contributed by atoms with Gasteiger partial charge in [0.05, 0.1) is 0 Å². The Morgan fingerprint density at radius 2 is 1.11 bits per heavy atom. The van der Waals surface area contributed by atoms with Crippen LogP contribution in [-0.4, -0.2) is 0 Å². The average molecular weight is 381 g/mol. The molecule has 0 N–H and O–H groups in total. The second-order valence-corrected chi connectivity index (χ2v) is 8.36. The van der Waals surface area contributed by atoms with Crippen molar-refractivity contribution in [3.63, 3.8) is 0 Å². The summed E-state index contributed by atoms with van der Waals surface area (Å²) in [5, 5.41) is 0.781. The molecule has 0 spiro atoms. The van der Waals surface area contributed by atoms with Gasteiger partial charge in [0.2, 0.25) is 0 Å². The highest BCUT2D eigenvalue weighted by atomic mass is 35.5. The van der Waals surface area contributed by atoms with Crippen molar-refractivity contribution in [2.24, 2.45) is 0 Å². The summed E-state index contributed by atoms with van der Waals surface area (Å²) in [6.07, 6.45) is 0. The van der Waals surface area contributed by atoms with Crippen molar-refractivity contribution in [2.75, 3.05) is 0 Å². The molecule has 1 heteroatoms. The molecular formula is C27H21Cl. The van der Waals surface area contributed by atoms with Crippen LogP contribution in [0, 0.1) is 0 Å². The lowest BCUT2D eigenvalue weighted by molar-refractivity contribution is 0.660. The molecule has 136 valence electrons. The van der Waals surface area contributed by atoms with E-state index >= 15 is 0 Å². The fourth-order valence-corrected chi connectivity index (χ4v) is 4.76. The van der Waals surface area contributed by atoms with E-state index in [0.717, 1.165) is 10.6 Å². The molecule has 0 saturated heterocycles. The summed E-state index contributed by atoms with van der Waals surface area (Å²) in [6.45, 7) is 4.64. The van der Waals surface area contributed by atoms with Gasteiger partial charge in [-0.2, -0.15) is 0 Å². The van der Waals surface area contributed by atoms with Crippen LogP contribution in [0.2, 0.25) is 5.02 Å². The van der Waals surface area contributed by atoms with Crippen molar-refractivity contribution in [3.8, 4) is 33.4 Å². The summed E-state index contributed by atoms with van der Waals surface area (Å²) in [4.78, 5) is 0. The van der Waals surface area contributed by atoms with E-state index in [9.17, 15) is 0 Å². The fourth-order valence-electron chi connectivity index (χ4n) is 4.52. The predicted octanol–water partition coefficient (Wildman–Crippen LogP) is 7.98. The minimum absolute atomic E-state index is 0.00126. The van der Waals surface area contributed by atoms with Gasteiger partial charge in [-0.05, 0) is 51.1 Å². The van der Waals surface area contributed by atoms with Crippen LogP contribution in [0.15, 0.2) is 91.0 Å². The number of fused-ring (bicyclic) bond motifs is 3. The lowest BCUT2D eigenvalue weighted by Gasteiger charge is -2.22. The number of hydrogen-bond donors (Lipinski definition) is 0. The van der Waals surface area contributed by atoms with E-state index in [0.29, 0.717) is 0 Å². The molecule has 4 aromatic rings. The summed E-state index contributed by atoms with van der Waals surface area (Å²) in [5.41, 5.74) is 10.2. The second-order valence-electron chi connectivity index (χ2n) is 7.96. The number of benzene rings is 4. The fraction of sp³-hybridized carbons (Fsp3) is 0.111. The minimum atomic E-state index is 0.00126. The molecule has 0 nitrogen and oxygen atoms in total. The molecule has 5 rings (SSSR count). The predicted molar refractivity (Wildman–Crippen MR) is 120 cm³/mol. The van der Waals surface area contributed by atoms with Crippen molar-refractivity contribution >= 4 is 11.6 Å². The molecule has 1 aliphatic carbocycles. The smallest absolute Gasteiger partial charge is 0.0484 e. The van der Waals surface area contributed by atoms with Gasteiger partial charge in [-0.1, -0.05) is 104 Å². The third-order valence-corrected chi connectivity index (χ3v) is 6.32. The standard InChI is InChI=1S/C27H21Cl/c1-27(2)24-13-7-5-11-21(24)22-16-15-18(17-25(22)27)19-9-3-4-10-20(19)23-12-6-8-14-26(23)28/h3-17H,1-2H3. The van der Waals surface area contributed by atoms with Crippen LogP contribution in [0.3, 0.4) is 0 Å². The quantitative estimate of drug-likeness (QED) is 0.330. The molecule has 0 unspecified atom stereocenters. The van der Waals surface area contributed by atoms with Gasteiger partial charge in [0.25, 0.3) is 0 Å². The first-order valence-electron chi connectivity index (χ1n) is 9.66. The van der Waals surface area contributed by atoms with Crippen LogP contribution < -0.4 is 0 Å². The van der Waals surface area contributed by atoms with Crippen LogP contribution in [0.1, 0.15) is 25.0 Å². The Balaban J connectivity index is 1.71. The lowest BCUT2D eigenvalue weighted by atomic mass is 9.81. The Labute approximate surface area is 171 Å². The highest BCUT2D eigenvalue weighted by Gasteiger charge is 2.35. The largest absolute Gasteiger partial charge is 0.0837 e. The van der Waals surface area contributed by atoms with Crippen molar-refractivity contribution in [3.05, 3.63) is 107 Å². The minimum Gasteiger partial charge on any atom is -0.0837 e. The molecule has 28 heavy (non-hydrogen) atoms. The molecule has 0 heterocycles. The van der Waals surface area contributed by atoms with E-state index in [1.165, 1.54) is 38.9 Å². The molecule has 0 atom stereocenters. The molecule has 0 aliphatic heterocycles. The van der Waals surface area contributed by atoms with Crippen LogP contribution in [0.5, 0.6) is 0 Å². The molecular weight excluding hydrogens is 360 g/mol. The van der Waals surface area contributed by atoms with E-state index in [4.69, 9.17) is 11.6 Å². The van der Waals surface area contributed by atoms with Gasteiger partial charge < -0.3 is 0 Å². The van der Waals surface area contributed by atoms with Crippen molar-refractivity contribution < 1.29 is 0 Å². The first kappa shape index (κ1) is 17.3. The van der Waals surface area contributed by atoms with Crippen LogP contribution in [0.25, 0.3) is 33.4 Å². The van der Waals surface area contributed by atoms with E-state index < -0.39 is 0 Å². The maximum Gasteiger partial charge on any atom is 0.0484 e. The summed E-state index contributed by atoms with van der Waals surface area (Å²) < 4.78 is 0. The zero-order chi connectivity index (χ0) is 19.3. The maximum atomic E-state index is 6.52. The van der Waals surface area contributed by atoms with Gasteiger partial charge in [-0.3, -0.25) is 0 Å². The number of hydrogen-bond acceptors (Lipinski definition) is 0. The van der Waals surface area contributed by atoms with Gasteiger partial charge in [-0.25, -0.2) is 0 Å². The molecule has 0 aromatic heterocycles. The Bertz CT molecular complexity index is 1200. The summed E-state index contributed by atoms with van der Waals surface area (Å²) in [5.74, 6) is 0. The van der Waals surface area contributed by atoms with E-state index in [1.807, 2.05) is 18.2 Å². The Morgan fingerprint density at radius 3 is 1.86 bits per heavy atom. The Kier molecular flexibility index (Phi) is 3.92. The Hall–Kier alpha value is -2.83. The van der Waals surface area contributed by atoms with Crippen molar-refractivity contribution in [2.45, 2.75) is 19.3 Å². The normalized spacial score (nSPS) is 13.8. The topological polar surface area (TPSA) is 0 Å². The first-order valence-corrected chi connectivity index (χ1v) is 10.0. The molecule has 0 fully saturated rings. The average Bonchev–Trinajstić information content (AvgIpc) is 2.96. The maximum absolute atomic E-state index is 6.52. The zero-order valence-electron chi connectivity index (χ0n) is 16.0. The summed E-state index contributed by atoms with van der Waals surface area (Å²) in [6, 6.07) is 32.2. The summed E-state index contributed by atoms with van der Waals surface area (Å²) in [7, 11) is 0. The zero-order valence-corrected chi connectivity index (χ0v) is 16.8. The number of rotatable bonds is 2. The third kappa shape index (κ3) is 2.52. The summed E-state index contributed by atoms with van der Waals surface area (Å²) >= 11 is 6.52. The lowest BCUT2D eigenvalue weighted by Crippen LogP contribution is -2.14. The SMILES string of the molecule is CC1(C)c2ccccc2-c2ccc(-c3ccccc3-c3ccccc3Cl)cc21. The first-order chi connectivity index (χ1) is 13.6. The second kappa shape index (κ2) is 6.36. The highest BCUT2D eigenvalue weighted by molar-refractivity contribution is 6.33. The van der Waals surface area contributed by atoms with Gasteiger partial charge >= 0.3 is 0 Å². The van der Waals surface area contributed by atoms with Crippen LogP contribution >= 0.6 is 11.6 Å². The Morgan fingerprint density at radius 1 is 0.536 bits per heavy atom. The molecule has 0 amide bonds. The molecule has 0 radical (unpaired) electrons. The van der Waals surface area contributed by atoms with Crippen molar-refractivity contribution in [1.82, 2.24) is 0 Å². The molecule has 4 aromatic carbocycles. The van der Waals surface area contributed by atoms with Crippen LogP contribution in [-0.2, 0) is 5.41 Å². The van der Waals surface area contributed by atoms with E-state index in [2.05, 4.69) is 86.6 Å². The van der Waals surface area contributed by atoms with Gasteiger partial charge in [0.15, 0.2) is 0 Å². The number of halogens is 1.